The predicted molar refractivity (Wildman–Crippen MR) is 30.8 cm³/mol. The van der Waals surface area contributed by atoms with Crippen molar-refractivity contribution < 1.29 is 10.1 Å². The number of aromatic nitrogens is 1. The molecule has 3 heteroatoms. The fourth-order valence-corrected chi connectivity index (χ4v) is 0.590. The molecule has 0 aliphatic rings. The first kappa shape index (κ1) is 6.16. The zero-order valence-electron chi connectivity index (χ0n) is 4.97. The lowest BCUT2D eigenvalue weighted by Crippen LogP contribution is -2.47. The van der Waals surface area contributed by atoms with Crippen molar-refractivity contribution in [3.63, 3.8) is 0 Å². The topological polar surface area (TPSA) is 40.5 Å². The largest absolute Gasteiger partial charge is 0.353 e. The van der Waals surface area contributed by atoms with Crippen LogP contribution in [0.15, 0.2) is 18.2 Å². The van der Waals surface area contributed by atoms with Gasteiger partial charge in [0.15, 0.2) is 0 Å². The van der Waals surface area contributed by atoms with Crippen molar-refractivity contribution in [3.8, 4) is 0 Å². The van der Waals surface area contributed by atoms with Gasteiger partial charge in [-0.25, -0.2) is 4.98 Å². The normalized spacial score (nSPS) is 9.56. The number of nitrogens with zero attached hydrogens (tertiary/aromatic N) is 1. The van der Waals surface area contributed by atoms with Crippen molar-refractivity contribution in [2.45, 2.75) is 6.54 Å². The van der Waals surface area contributed by atoms with Crippen LogP contribution < -0.4 is 5.73 Å². The second kappa shape index (κ2) is 2.55. The van der Waals surface area contributed by atoms with Gasteiger partial charge in [0.05, 0.1) is 5.69 Å². The van der Waals surface area contributed by atoms with E-state index in [-0.39, 0.29) is 0 Å². The maximum atomic E-state index is 12.2. The van der Waals surface area contributed by atoms with Gasteiger partial charge >= 0.3 is 0 Å². The Morgan fingerprint density at radius 1 is 1.56 bits per heavy atom. The Morgan fingerprint density at radius 3 is 2.78 bits per heavy atom. The van der Waals surface area contributed by atoms with E-state index in [1.165, 1.54) is 6.07 Å². The minimum Gasteiger partial charge on any atom is -0.353 e. The summed E-state index contributed by atoms with van der Waals surface area (Å²) in [5.74, 6) is -0.434. The average molecular weight is 127 g/mol. The highest BCUT2D eigenvalue weighted by Gasteiger charge is 1.92. The summed E-state index contributed by atoms with van der Waals surface area (Å²) in [6, 6.07) is 4.69. The van der Waals surface area contributed by atoms with E-state index in [0.717, 1.165) is 0 Å². The molecule has 0 amide bonds. The Hall–Kier alpha value is -0.960. The van der Waals surface area contributed by atoms with Crippen molar-refractivity contribution in [2.24, 2.45) is 0 Å². The molecule has 0 aromatic carbocycles. The molecule has 1 heterocycles. The molecule has 0 radical (unpaired) electrons. The molecule has 1 aromatic heterocycles. The number of hydrogen-bond acceptors (Lipinski definition) is 1. The summed E-state index contributed by atoms with van der Waals surface area (Å²) >= 11 is 0. The summed E-state index contributed by atoms with van der Waals surface area (Å²) < 4.78 is 12.2. The minimum atomic E-state index is -0.434. The highest BCUT2D eigenvalue weighted by molar-refractivity contribution is 5.02. The second-order valence-electron chi connectivity index (χ2n) is 1.70. The SMILES string of the molecule is [NH3+]Cc1cccc(F)n1. The average Bonchev–Trinajstić information content (AvgIpc) is 1.88. The summed E-state index contributed by atoms with van der Waals surface area (Å²) in [6.07, 6.45) is 0. The molecule has 0 spiro atoms. The molecule has 0 bridgehead atoms. The lowest BCUT2D eigenvalue weighted by atomic mass is 10.3. The van der Waals surface area contributed by atoms with Crippen LogP contribution in [-0.4, -0.2) is 4.98 Å². The summed E-state index contributed by atoms with van der Waals surface area (Å²) in [5.41, 5.74) is 4.26. The third-order valence-electron chi connectivity index (χ3n) is 1.03. The lowest BCUT2D eigenvalue weighted by molar-refractivity contribution is -0.387. The third-order valence-corrected chi connectivity index (χ3v) is 1.03. The predicted octanol–water partition coefficient (Wildman–Crippen LogP) is -0.0374. The zero-order valence-corrected chi connectivity index (χ0v) is 4.97. The molecule has 0 fully saturated rings. The highest BCUT2D eigenvalue weighted by atomic mass is 19.1. The van der Waals surface area contributed by atoms with E-state index in [2.05, 4.69) is 10.7 Å². The van der Waals surface area contributed by atoms with Gasteiger partial charge in [-0.15, -0.1) is 0 Å². The molecule has 3 N–H and O–H groups in total. The van der Waals surface area contributed by atoms with E-state index in [9.17, 15) is 4.39 Å². The number of pyridine rings is 1. The van der Waals surface area contributed by atoms with E-state index >= 15 is 0 Å². The lowest BCUT2D eigenvalue weighted by Gasteiger charge is -1.89. The third kappa shape index (κ3) is 1.47. The van der Waals surface area contributed by atoms with Gasteiger partial charge in [0.25, 0.3) is 0 Å². The van der Waals surface area contributed by atoms with Gasteiger partial charge in [-0.1, -0.05) is 6.07 Å². The van der Waals surface area contributed by atoms with Crippen LogP contribution in [0.25, 0.3) is 0 Å². The van der Waals surface area contributed by atoms with Gasteiger partial charge in [-0.2, -0.15) is 4.39 Å². The van der Waals surface area contributed by atoms with E-state index in [1.807, 2.05) is 0 Å². The van der Waals surface area contributed by atoms with Crippen LogP contribution in [0.3, 0.4) is 0 Å². The maximum absolute atomic E-state index is 12.2. The molecule has 0 aliphatic carbocycles. The van der Waals surface area contributed by atoms with Gasteiger partial charge in [0, 0.05) is 0 Å². The summed E-state index contributed by atoms with van der Waals surface area (Å²) in [7, 11) is 0. The van der Waals surface area contributed by atoms with Crippen LogP contribution in [0.1, 0.15) is 5.69 Å². The molecule has 0 aliphatic heterocycles. The van der Waals surface area contributed by atoms with E-state index in [4.69, 9.17) is 0 Å². The van der Waals surface area contributed by atoms with Crippen LogP contribution in [0.2, 0.25) is 0 Å². The van der Waals surface area contributed by atoms with Crippen molar-refractivity contribution in [1.29, 1.82) is 0 Å². The molecule has 1 aromatic rings. The van der Waals surface area contributed by atoms with Gasteiger partial charge in [-0.3, -0.25) is 0 Å². The van der Waals surface area contributed by atoms with E-state index in [0.29, 0.717) is 12.2 Å². The Labute approximate surface area is 52.5 Å². The van der Waals surface area contributed by atoms with Crippen LogP contribution >= 0.6 is 0 Å². The van der Waals surface area contributed by atoms with Crippen molar-refractivity contribution >= 4 is 0 Å². The summed E-state index contributed by atoms with van der Waals surface area (Å²) in [4.78, 5) is 3.56. The Morgan fingerprint density at radius 2 is 2.33 bits per heavy atom. The van der Waals surface area contributed by atoms with Gasteiger partial charge in [0.1, 0.15) is 6.54 Å². The molecular weight excluding hydrogens is 119 g/mol. The number of rotatable bonds is 1. The van der Waals surface area contributed by atoms with E-state index < -0.39 is 5.95 Å². The molecule has 1 rings (SSSR count). The molecule has 48 valence electrons. The molecular formula is C6H8FN2+. The molecule has 0 atom stereocenters. The zero-order chi connectivity index (χ0) is 6.69. The highest BCUT2D eigenvalue weighted by Crippen LogP contribution is 1.94. The second-order valence-corrected chi connectivity index (χ2v) is 1.70. The van der Waals surface area contributed by atoms with Crippen LogP contribution in [0.4, 0.5) is 4.39 Å². The van der Waals surface area contributed by atoms with Gasteiger partial charge < -0.3 is 5.73 Å². The van der Waals surface area contributed by atoms with Gasteiger partial charge in [0.2, 0.25) is 5.95 Å². The summed E-state index contributed by atoms with van der Waals surface area (Å²) in [6.45, 7) is 0.539. The van der Waals surface area contributed by atoms with Crippen LogP contribution in [0.5, 0.6) is 0 Å². The van der Waals surface area contributed by atoms with Crippen molar-refractivity contribution in [3.05, 3.63) is 29.8 Å². The molecule has 0 saturated carbocycles. The number of quaternary nitrogens is 1. The summed E-state index contributed by atoms with van der Waals surface area (Å²) in [5, 5.41) is 0. The first-order valence-electron chi connectivity index (χ1n) is 2.73. The molecule has 0 unspecified atom stereocenters. The fraction of sp³-hybridized carbons (Fsp3) is 0.167. The number of hydrogen-bond donors (Lipinski definition) is 1. The fourth-order valence-electron chi connectivity index (χ4n) is 0.590. The monoisotopic (exact) mass is 127 g/mol. The first-order valence-corrected chi connectivity index (χ1v) is 2.73. The molecule has 2 nitrogen and oxygen atoms in total. The maximum Gasteiger partial charge on any atom is 0.213 e. The number of halogens is 1. The molecule has 0 saturated heterocycles. The van der Waals surface area contributed by atoms with Crippen LogP contribution in [-0.2, 0) is 6.54 Å². The molecule has 9 heavy (non-hydrogen) atoms. The Bertz CT molecular complexity index is 200. The first-order chi connectivity index (χ1) is 4.33. The van der Waals surface area contributed by atoms with Crippen molar-refractivity contribution in [1.82, 2.24) is 4.98 Å². The van der Waals surface area contributed by atoms with Gasteiger partial charge in [-0.05, 0) is 12.1 Å². The smallest absolute Gasteiger partial charge is 0.213 e. The van der Waals surface area contributed by atoms with Crippen molar-refractivity contribution in [2.75, 3.05) is 0 Å². The van der Waals surface area contributed by atoms with Crippen LogP contribution in [0, 0.1) is 5.95 Å². The van der Waals surface area contributed by atoms with E-state index in [1.54, 1.807) is 12.1 Å². The standard InChI is InChI=1S/C6H7FN2/c7-6-3-1-2-5(4-8)9-6/h1-3H,4,8H2/p+1. The quantitative estimate of drug-likeness (QED) is 0.528. The Balaban J connectivity index is 2.94. The minimum absolute atomic E-state index is 0.434. The Kier molecular flexibility index (Phi) is 1.75.